The summed E-state index contributed by atoms with van der Waals surface area (Å²) >= 11 is 0. The molecule has 2 aromatic carbocycles. The SMILES string of the molecule is Cc1ccc2nnn3c4ccccc4cc3c2c1. The second-order valence-electron chi connectivity index (χ2n) is 4.61. The zero-order chi connectivity index (χ0) is 12.1. The summed E-state index contributed by atoms with van der Waals surface area (Å²) in [5.41, 5.74) is 4.40. The standard InChI is InChI=1S/C15H11N3/c1-10-6-7-13-12(8-10)15-9-11-4-2-3-5-14(11)18(15)17-16-13/h2-9H,1H3. The normalized spacial score (nSPS) is 11.6. The van der Waals surface area contributed by atoms with Gasteiger partial charge in [0.15, 0.2) is 0 Å². The van der Waals surface area contributed by atoms with Crippen molar-refractivity contribution in [2.24, 2.45) is 0 Å². The molecule has 86 valence electrons. The molecule has 0 radical (unpaired) electrons. The molecule has 18 heavy (non-hydrogen) atoms. The smallest absolute Gasteiger partial charge is 0.0968 e. The Hall–Kier alpha value is -2.42. The van der Waals surface area contributed by atoms with E-state index in [1.807, 2.05) is 22.7 Å². The lowest BCUT2D eigenvalue weighted by Crippen LogP contribution is -1.95. The zero-order valence-corrected chi connectivity index (χ0v) is 9.96. The number of para-hydroxylation sites is 1. The first kappa shape index (κ1) is 9.59. The van der Waals surface area contributed by atoms with Crippen molar-refractivity contribution in [2.75, 3.05) is 0 Å². The predicted molar refractivity (Wildman–Crippen MR) is 72.7 cm³/mol. The van der Waals surface area contributed by atoms with E-state index < -0.39 is 0 Å². The van der Waals surface area contributed by atoms with Gasteiger partial charge in [-0.3, -0.25) is 0 Å². The number of nitrogens with zero attached hydrogens (tertiary/aromatic N) is 3. The van der Waals surface area contributed by atoms with Crippen molar-refractivity contribution in [3.05, 3.63) is 54.1 Å². The van der Waals surface area contributed by atoms with Crippen LogP contribution in [0.4, 0.5) is 0 Å². The number of aromatic nitrogens is 3. The maximum atomic E-state index is 4.29. The van der Waals surface area contributed by atoms with Gasteiger partial charge >= 0.3 is 0 Å². The number of hydrogen-bond donors (Lipinski definition) is 0. The lowest BCUT2D eigenvalue weighted by Gasteiger charge is -2.01. The Balaban J connectivity index is 2.31. The van der Waals surface area contributed by atoms with Crippen molar-refractivity contribution in [1.29, 1.82) is 0 Å². The molecule has 3 nitrogen and oxygen atoms in total. The van der Waals surface area contributed by atoms with Gasteiger partial charge < -0.3 is 0 Å². The minimum absolute atomic E-state index is 0.941. The van der Waals surface area contributed by atoms with E-state index in [2.05, 4.69) is 47.6 Å². The molecule has 4 rings (SSSR count). The van der Waals surface area contributed by atoms with E-state index >= 15 is 0 Å². The minimum atomic E-state index is 0.941. The molecule has 0 aliphatic heterocycles. The zero-order valence-electron chi connectivity index (χ0n) is 9.96. The Kier molecular flexibility index (Phi) is 1.75. The van der Waals surface area contributed by atoms with Crippen molar-refractivity contribution in [2.45, 2.75) is 6.92 Å². The van der Waals surface area contributed by atoms with E-state index in [1.165, 1.54) is 10.9 Å². The van der Waals surface area contributed by atoms with Gasteiger partial charge in [-0.25, -0.2) is 4.52 Å². The van der Waals surface area contributed by atoms with Gasteiger partial charge in [0.1, 0.15) is 0 Å². The van der Waals surface area contributed by atoms with Crippen molar-refractivity contribution in [3.63, 3.8) is 0 Å². The maximum absolute atomic E-state index is 4.29. The highest BCUT2D eigenvalue weighted by molar-refractivity contribution is 6.00. The van der Waals surface area contributed by atoms with Crippen molar-refractivity contribution < 1.29 is 0 Å². The highest BCUT2D eigenvalue weighted by Gasteiger charge is 2.07. The van der Waals surface area contributed by atoms with Crippen LogP contribution in [-0.4, -0.2) is 14.8 Å². The third kappa shape index (κ3) is 1.19. The third-order valence-corrected chi connectivity index (χ3v) is 3.36. The van der Waals surface area contributed by atoms with Crippen molar-refractivity contribution >= 4 is 27.3 Å². The summed E-state index contributed by atoms with van der Waals surface area (Å²) in [6, 6.07) is 16.7. The molecule has 0 fully saturated rings. The van der Waals surface area contributed by atoms with E-state index in [1.54, 1.807) is 0 Å². The summed E-state index contributed by atoms with van der Waals surface area (Å²) in [4.78, 5) is 0. The summed E-state index contributed by atoms with van der Waals surface area (Å²) in [6.45, 7) is 2.10. The van der Waals surface area contributed by atoms with Gasteiger partial charge in [0.05, 0.1) is 16.6 Å². The highest BCUT2D eigenvalue weighted by Crippen LogP contribution is 2.24. The number of fused-ring (bicyclic) bond motifs is 5. The molecular weight excluding hydrogens is 222 g/mol. The van der Waals surface area contributed by atoms with Crippen LogP contribution in [0.3, 0.4) is 0 Å². The number of benzene rings is 2. The van der Waals surface area contributed by atoms with Gasteiger partial charge in [-0.1, -0.05) is 35.0 Å². The summed E-state index contributed by atoms with van der Waals surface area (Å²) in [5.74, 6) is 0. The van der Waals surface area contributed by atoms with Crippen LogP contribution in [0.15, 0.2) is 48.5 Å². The van der Waals surface area contributed by atoms with Crippen LogP contribution in [-0.2, 0) is 0 Å². The average molecular weight is 233 g/mol. The largest absolute Gasteiger partial charge is 0.214 e. The highest BCUT2D eigenvalue weighted by atomic mass is 15.4. The average Bonchev–Trinajstić information content (AvgIpc) is 2.78. The molecule has 0 atom stereocenters. The second kappa shape index (κ2) is 3.29. The van der Waals surface area contributed by atoms with Gasteiger partial charge in [-0.05, 0) is 31.2 Å². The lowest BCUT2D eigenvalue weighted by molar-refractivity contribution is 0.855. The fraction of sp³-hybridized carbons (Fsp3) is 0.0667. The van der Waals surface area contributed by atoms with Gasteiger partial charge in [0.2, 0.25) is 0 Å². The molecule has 0 N–H and O–H groups in total. The first-order valence-electron chi connectivity index (χ1n) is 5.96. The number of aryl methyl sites for hydroxylation is 1. The van der Waals surface area contributed by atoms with Gasteiger partial charge in [0.25, 0.3) is 0 Å². The number of hydrogen-bond acceptors (Lipinski definition) is 2. The maximum Gasteiger partial charge on any atom is 0.0968 e. The number of rotatable bonds is 0. The van der Waals surface area contributed by atoms with Gasteiger partial charge in [-0.15, -0.1) is 5.10 Å². The second-order valence-corrected chi connectivity index (χ2v) is 4.61. The fourth-order valence-corrected chi connectivity index (χ4v) is 2.46. The van der Waals surface area contributed by atoms with Crippen LogP contribution in [0.1, 0.15) is 5.56 Å². The summed E-state index contributed by atoms with van der Waals surface area (Å²) in [7, 11) is 0. The van der Waals surface area contributed by atoms with E-state index in [9.17, 15) is 0 Å². The Morgan fingerprint density at radius 2 is 1.83 bits per heavy atom. The van der Waals surface area contributed by atoms with E-state index in [0.717, 1.165) is 21.9 Å². The van der Waals surface area contributed by atoms with E-state index in [4.69, 9.17) is 0 Å². The topological polar surface area (TPSA) is 30.2 Å². The Bertz CT molecular complexity index is 890. The Morgan fingerprint density at radius 3 is 2.78 bits per heavy atom. The van der Waals surface area contributed by atoms with Gasteiger partial charge in [-0.2, -0.15) is 0 Å². The predicted octanol–water partition coefficient (Wildman–Crippen LogP) is 3.34. The van der Waals surface area contributed by atoms with Crippen LogP contribution in [0.5, 0.6) is 0 Å². The first-order valence-corrected chi connectivity index (χ1v) is 5.96. The molecule has 0 bridgehead atoms. The van der Waals surface area contributed by atoms with Crippen LogP contribution in [0.25, 0.3) is 27.3 Å². The molecule has 2 heterocycles. The molecule has 0 saturated carbocycles. The lowest BCUT2D eigenvalue weighted by atomic mass is 10.1. The van der Waals surface area contributed by atoms with E-state index in [0.29, 0.717) is 0 Å². The molecule has 0 amide bonds. The minimum Gasteiger partial charge on any atom is -0.214 e. The molecule has 0 spiro atoms. The summed E-state index contributed by atoms with van der Waals surface area (Å²) in [6.07, 6.45) is 0. The third-order valence-electron chi connectivity index (χ3n) is 3.36. The van der Waals surface area contributed by atoms with Crippen molar-refractivity contribution in [1.82, 2.24) is 14.8 Å². The van der Waals surface area contributed by atoms with Gasteiger partial charge in [0, 0.05) is 10.8 Å². The fourth-order valence-electron chi connectivity index (χ4n) is 2.46. The first-order chi connectivity index (χ1) is 8.83. The van der Waals surface area contributed by atoms with Crippen LogP contribution in [0, 0.1) is 6.92 Å². The monoisotopic (exact) mass is 233 g/mol. The molecule has 3 heteroatoms. The van der Waals surface area contributed by atoms with Crippen LogP contribution in [0.2, 0.25) is 0 Å². The molecule has 0 saturated heterocycles. The van der Waals surface area contributed by atoms with Crippen LogP contribution >= 0.6 is 0 Å². The van der Waals surface area contributed by atoms with Crippen LogP contribution < -0.4 is 0 Å². The quantitative estimate of drug-likeness (QED) is 0.466. The molecular formula is C15H11N3. The van der Waals surface area contributed by atoms with Crippen molar-refractivity contribution in [3.8, 4) is 0 Å². The van der Waals surface area contributed by atoms with E-state index in [-0.39, 0.29) is 0 Å². The molecule has 0 unspecified atom stereocenters. The molecule has 0 aliphatic carbocycles. The molecule has 0 aliphatic rings. The summed E-state index contributed by atoms with van der Waals surface area (Å²) < 4.78 is 1.91. The molecule has 2 aromatic heterocycles. The Labute approximate surface area is 104 Å². The Morgan fingerprint density at radius 1 is 0.944 bits per heavy atom. The molecule has 4 aromatic rings. The summed E-state index contributed by atoms with van der Waals surface area (Å²) in [5, 5.41) is 10.9.